The third-order valence-electron chi connectivity index (χ3n) is 5.83. The number of carbonyl (C=O) groups is 2. The predicted molar refractivity (Wildman–Crippen MR) is 120 cm³/mol. The number of urea groups is 1. The van der Waals surface area contributed by atoms with Crippen LogP contribution in [0.1, 0.15) is 51.6 Å². The molecule has 2 aromatic carbocycles. The minimum atomic E-state index is -0.646. The van der Waals surface area contributed by atoms with Crippen molar-refractivity contribution >= 4 is 23.2 Å². The summed E-state index contributed by atoms with van der Waals surface area (Å²) in [4.78, 5) is 28.5. The quantitative estimate of drug-likeness (QED) is 0.682. The average Bonchev–Trinajstić information content (AvgIpc) is 2.86. The molecule has 1 aliphatic carbocycles. The Bertz CT molecular complexity index is 1040. The van der Waals surface area contributed by atoms with Crippen molar-refractivity contribution in [2.45, 2.75) is 46.1 Å². The third kappa shape index (κ3) is 4.07. The van der Waals surface area contributed by atoms with Crippen molar-refractivity contribution in [3.05, 3.63) is 71.2 Å². The van der Waals surface area contributed by atoms with Gasteiger partial charge in [0.05, 0.1) is 17.4 Å². The number of rotatable bonds is 3. The maximum atomic E-state index is 13.7. The number of anilines is 2. The fraction of sp³-hybridized carbons (Fsp3) is 0.360. The number of hydrogen-bond donors (Lipinski definition) is 2. The highest BCUT2D eigenvalue weighted by Crippen LogP contribution is 2.48. The van der Waals surface area contributed by atoms with Gasteiger partial charge in [-0.1, -0.05) is 45.0 Å². The van der Waals surface area contributed by atoms with Gasteiger partial charge in [-0.05, 0) is 48.1 Å². The molecule has 5 nitrogen and oxygen atoms in total. The monoisotopic (exact) mass is 421 g/mol. The molecule has 31 heavy (non-hydrogen) atoms. The van der Waals surface area contributed by atoms with Gasteiger partial charge < -0.3 is 10.6 Å². The molecule has 6 heteroatoms. The maximum Gasteiger partial charge on any atom is 0.322 e. The van der Waals surface area contributed by atoms with E-state index >= 15 is 0 Å². The molecule has 1 aliphatic heterocycles. The first kappa shape index (κ1) is 21.1. The lowest BCUT2D eigenvalue weighted by molar-refractivity contribution is -0.118. The molecule has 0 aromatic heterocycles. The summed E-state index contributed by atoms with van der Waals surface area (Å²) in [6.45, 7) is 6.66. The summed E-state index contributed by atoms with van der Waals surface area (Å²) in [5.41, 5.74) is 3.38. The van der Waals surface area contributed by atoms with Gasteiger partial charge in [0, 0.05) is 24.2 Å². The number of carbonyl (C=O) groups excluding carboxylic acids is 2. The summed E-state index contributed by atoms with van der Waals surface area (Å²) < 4.78 is 13.7. The van der Waals surface area contributed by atoms with Crippen molar-refractivity contribution < 1.29 is 14.0 Å². The molecule has 0 saturated carbocycles. The van der Waals surface area contributed by atoms with Crippen molar-refractivity contribution in [2.24, 2.45) is 5.41 Å². The van der Waals surface area contributed by atoms with Crippen molar-refractivity contribution in [3.8, 4) is 0 Å². The predicted octanol–water partition coefficient (Wildman–Crippen LogP) is 5.56. The largest absolute Gasteiger partial charge is 0.357 e. The Labute approximate surface area is 182 Å². The number of benzene rings is 2. The summed E-state index contributed by atoms with van der Waals surface area (Å²) in [6.07, 6.45) is 1.87. The minimum Gasteiger partial charge on any atom is -0.357 e. The SMILES string of the molecule is CCCNC(=O)N1c2ccccc2NC2=C(C(=O)CC(C)(C)C2)C1c1ccc(F)cc1. The van der Waals surface area contributed by atoms with Crippen LogP contribution in [-0.2, 0) is 4.79 Å². The van der Waals surface area contributed by atoms with Crippen molar-refractivity contribution in [3.63, 3.8) is 0 Å². The molecule has 0 saturated heterocycles. The first-order valence-corrected chi connectivity index (χ1v) is 10.8. The maximum absolute atomic E-state index is 13.7. The van der Waals surface area contributed by atoms with Crippen LogP contribution in [0.4, 0.5) is 20.6 Å². The van der Waals surface area contributed by atoms with E-state index in [0.29, 0.717) is 36.2 Å². The molecule has 162 valence electrons. The van der Waals surface area contributed by atoms with E-state index in [-0.39, 0.29) is 23.0 Å². The number of nitrogens with one attached hydrogen (secondary N) is 2. The molecule has 4 rings (SSSR count). The van der Waals surface area contributed by atoms with Gasteiger partial charge in [-0.15, -0.1) is 0 Å². The van der Waals surface area contributed by atoms with E-state index in [9.17, 15) is 14.0 Å². The summed E-state index contributed by atoms with van der Waals surface area (Å²) in [5, 5.41) is 6.42. The lowest BCUT2D eigenvalue weighted by Gasteiger charge is -2.37. The van der Waals surface area contributed by atoms with Gasteiger partial charge in [-0.3, -0.25) is 9.69 Å². The number of halogens is 1. The molecule has 2 aliphatic rings. The van der Waals surface area contributed by atoms with E-state index in [4.69, 9.17) is 0 Å². The van der Waals surface area contributed by atoms with Crippen molar-refractivity contribution in [2.75, 3.05) is 16.8 Å². The van der Waals surface area contributed by atoms with Gasteiger partial charge in [0.1, 0.15) is 5.82 Å². The second-order valence-electron chi connectivity index (χ2n) is 9.03. The zero-order valence-electron chi connectivity index (χ0n) is 18.2. The van der Waals surface area contributed by atoms with E-state index in [2.05, 4.69) is 24.5 Å². The number of Topliss-reactive ketones (excluding diaryl/α,β-unsaturated/α-hetero) is 1. The Morgan fingerprint density at radius 1 is 1.16 bits per heavy atom. The van der Waals surface area contributed by atoms with Gasteiger partial charge in [0.25, 0.3) is 0 Å². The summed E-state index contributed by atoms with van der Waals surface area (Å²) in [5.74, 6) is -0.350. The lowest BCUT2D eigenvalue weighted by Crippen LogP contribution is -2.45. The topological polar surface area (TPSA) is 61.4 Å². The molecule has 0 fully saturated rings. The van der Waals surface area contributed by atoms with E-state index in [1.54, 1.807) is 17.0 Å². The Kier molecular flexibility index (Phi) is 5.56. The van der Waals surface area contributed by atoms with Gasteiger partial charge >= 0.3 is 6.03 Å². The zero-order chi connectivity index (χ0) is 22.2. The van der Waals surface area contributed by atoms with Crippen LogP contribution in [0.3, 0.4) is 0 Å². The molecule has 0 bridgehead atoms. The molecule has 0 radical (unpaired) electrons. The smallest absolute Gasteiger partial charge is 0.322 e. The molecule has 0 spiro atoms. The van der Waals surface area contributed by atoms with Crippen molar-refractivity contribution in [1.82, 2.24) is 5.32 Å². The number of para-hydroxylation sites is 2. The van der Waals surface area contributed by atoms with Gasteiger partial charge in [-0.25, -0.2) is 9.18 Å². The van der Waals surface area contributed by atoms with Crippen LogP contribution in [0.15, 0.2) is 59.8 Å². The number of fused-ring (bicyclic) bond motifs is 1. The fourth-order valence-electron chi connectivity index (χ4n) is 4.49. The van der Waals surface area contributed by atoms with Crippen LogP contribution >= 0.6 is 0 Å². The van der Waals surface area contributed by atoms with E-state index in [0.717, 1.165) is 17.8 Å². The summed E-state index contributed by atoms with van der Waals surface area (Å²) >= 11 is 0. The number of nitrogens with zero attached hydrogens (tertiary/aromatic N) is 1. The number of amides is 2. The van der Waals surface area contributed by atoms with Crippen LogP contribution in [0.2, 0.25) is 0 Å². The Morgan fingerprint density at radius 3 is 2.58 bits per heavy atom. The Balaban J connectivity index is 1.96. The third-order valence-corrected chi connectivity index (χ3v) is 5.83. The zero-order valence-corrected chi connectivity index (χ0v) is 18.2. The molecular weight excluding hydrogens is 393 g/mol. The van der Waals surface area contributed by atoms with E-state index in [1.807, 2.05) is 31.2 Å². The standard InChI is InChI=1S/C25H28FN3O2/c1-4-13-27-24(31)29-20-8-6-5-7-18(20)28-19-14-25(2,3)15-21(30)22(19)23(29)16-9-11-17(26)12-10-16/h5-12,23,28H,4,13-15H2,1-3H3,(H,27,31). The van der Waals surface area contributed by atoms with Crippen LogP contribution in [0.25, 0.3) is 0 Å². The average molecular weight is 422 g/mol. The Morgan fingerprint density at radius 2 is 1.87 bits per heavy atom. The second-order valence-corrected chi connectivity index (χ2v) is 9.03. The highest BCUT2D eigenvalue weighted by molar-refractivity contribution is 6.06. The first-order valence-electron chi connectivity index (χ1n) is 10.8. The van der Waals surface area contributed by atoms with Crippen LogP contribution in [0.5, 0.6) is 0 Å². The van der Waals surface area contributed by atoms with Crippen LogP contribution in [-0.4, -0.2) is 18.4 Å². The molecular formula is C25H28FN3O2. The van der Waals surface area contributed by atoms with Crippen LogP contribution in [0, 0.1) is 11.2 Å². The molecule has 1 atom stereocenters. The van der Waals surface area contributed by atoms with Gasteiger partial charge in [-0.2, -0.15) is 0 Å². The molecule has 2 amide bonds. The molecule has 1 unspecified atom stereocenters. The molecule has 2 N–H and O–H groups in total. The van der Waals surface area contributed by atoms with Crippen molar-refractivity contribution in [1.29, 1.82) is 0 Å². The van der Waals surface area contributed by atoms with E-state index in [1.165, 1.54) is 12.1 Å². The normalized spacial score (nSPS) is 19.8. The van der Waals surface area contributed by atoms with E-state index < -0.39 is 6.04 Å². The highest BCUT2D eigenvalue weighted by Gasteiger charge is 2.43. The van der Waals surface area contributed by atoms with Gasteiger partial charge in [0.2, 0.25) is 0 Å². The lowest BCUT2D eigenvalue weighted by atomic mass is 9.73. The first-order chi connectivity index (χ1) is 14.8. The number of ketones is 1. The summed E-state index contributed by atoms with van der Waals surface area (Å²) in [6, 6.07) is 12.7. The Hall–Kier alpha value is -3.15. The van der Waals surface area contributed by atoms with Crippen LogP contribution < -0.4 is 15.5 Å². The molecule has 2 aromatic rings. The fourth-order valence-corrected chi connectivity index (χ4v) is 4.49. The number of allylic oxidation sites excluding steroid dienone is 1. The molecule has 1 heterocycles. The highest BCUT2D eigenvalue weighted by atomic mass is 19.1. The minimum absolute atomic E-state index is 0.00849. The second kappa shape index (κ2) is 8.17. The summed E-state index contributed by atoms with van der Waals surface area (Å²) in [7, 11) is 0. The van der Waals surface area contributed by atoms with Gasteiger partial charge in [0.15, 0.2) is 5.78 Å². The number of hydrogen-bond acceptors (Lipinski definition) is 3.